The average molecular weight is 563 g/mol. The van der Waals surface area contributed by atoms with Crippen molar-refractivity contribution in [2.75, 3.05) is 0 Å². The molecule has 4 aromatic rings. The molecule has 1 aromatic heterocycles. The van der Waals surface area contributed by atoms with Gasteiger partial charge in [0.05, 0.1) is 21.7 Å². The third kappa shape index (κ3) is 5.82. The third-order valence-corrected chi connectivity index (χ3v) is 7.03. The minimum absolute atomic E-state index is 0.0555. The minimum Gasteiger partial charge on any atom is -0.342 e. The van der Waals surface area contributed by atoms with E-state index in [0.717, 1.165) is 11.6 Å². The van der Waals surface area contributed by atoms with Crippen LogP contribution < -0.4 is 5.32 Å². The molecule has 12 heteroatoms. The smallest absolute Gasteiger partial charge is 0.288 e. The summed E-state index contributed by atoms with van der Waals surface area (Å²) in [6.45, 7) is 1.73. The van der Waals surface area contributed by atoms with Crippen LogP contribution in [0.4, 0.5) is 5.69 Å². The van der Waals surface area contributed by atoms with Crippen molar-refractivity contribution in [1.29, 1.82) is 0 Å². The standard InChI is InChI=1S/C24H18Cl3N5O3S/c1-14(28-23(33)16-7-9-19(27)21(11-16)32(34)35)22-29-30-24(36-13-15-5-3-2-4-6-15)31(22)20-12-17(25)8-10-18(20)26/h2-12,14H,13H2,1H3,(H,28,33). The molecule has 0 bridgehead atoms. The van der Waals surface area contributed by atoms with Crippen molar-refractivity contribution >= 4 is 58.2 Å². The second-order valence-corrected chi connectivity index (χ2v) is 9.86. The molecule has 0 aliphatic carbocycles. The molecule has 4 rings (SSSR count). The van der Waals surface area contributed by atoms with Gasteiger partial charge < -0.3 is 5.32 Å². The van der Waals surface area contributed by atoms with Gasteiger partial charge in [-0.3, -0.25) is 19.5 Å². The van der Waals surface area contributed by atoms with E-state index in [4.69, 9.17) is 34.8 Å². The summed E-state index contributed by atoms with van der Waals surface area (Å²) >= 11 is 20.1. The zero-order valence-electron chi connectivity index (χ0n) is 18.7. The van der Waals surface area contributed by atoms with E-state index >= 15 is 0 Å². The Hall–Kier alpha value is -3.11. The number of hydrogen-bond donors (Lipinski definition) is 1. The van der Waals surface area contributed by atoms with Gasteiger partial charge in [0.15, 0.2) is 11.0 Å². The van der Waals surface area contributed by atoms with Gasteiger partial charge in [-0.1, -0.05) is 76.9 Å². The Morgan fingerprint density at radius 3 is 2.50 bits per heavy atom. The largest absolute Gasteiger partial charge is 0.342 e. The van der Waals surface area contributed by atoms with Crippen molar-refractivity contribution in [2.24, 2.45) is 0 Å². The van der Waals surface area contributed by atoms with E-state index < -0.39 is 16.9 Å². The molecule has 1 N–H and O–H groups in total. The zero-order valence-corrected chi connectivity index (χ0v) is 21.8. The average Bonchev–Trinajstić information content (AvgIpc) is 3.28. The number of halogens is 3. The summed E-state index contributed by atoms with van der Waals surface area (Å²) in [6.07, 6.45) is 0. The van der Waals surface area contributed by atoms with Crippen LogP contribution in [0.1, 0.15) is 34.7 Å². The first-order valence-electron chi connectivity index (χ1n) is 10.6. The predicted molar refractivity (Wildman–Crippen MR) is 141 cm³/mol. The van der Waals surface area contributed by atoms with Crippen LogP contribution in [-0.2, 0) is 5.75 Å². The lowest BCUT2D eigenvalue weighted by Gasteiger charge is -2.17. The quantitative estimate of drug-likeness (QED) is 0.142. The fourth-order valence-electron chi connectivity index (χ4n) is 3.40. The molecule has 0 radical (unpaired) electrons. The minimum atomic E-state index is -0.642. The van der Waals surface area contributed by atoms with Gasteiger partial charge >= 0.3 is 0 Å². The summed E-state index contributed by atoms with van der Waals surface area (Å²) in [4.78, 5) is 23.5. The van der Waals surface area contributed by atoms with Crippen LogP contribution >= 0.6 is 46.6 Å². The molecule has 1 atom stereocenters. The Balaban J connectivity index is 1.67. The number of nitro benzene ring substituents is 1. The fourth-order valence-corrected chi connectivity index (χ4v) is 4.86. The molecule has 3 aromatic carbocycles. The molecule has 0 aliphatic rings. The maximum absolute atomic E-state index is 12.9. The number of nitro groups is 1. The fraction of sp³-hybridized carbons (Fsp3) is 0.125. The van der Waals surface area contributed by atoms with Gasteiger partial charge in [-0.2, -0.15) is 0 Å². The van der Waals surface area contributed by atoms with Gasteiger partial charge in [0, 0.05) is 22.4 Å². The van der Waals surface area contributed by atoms with Crippen molar-refractivity contribution in [3.8, 4) is 5.69 Å². The lowest BCUT2D eigenvalue weighted by molar-refractivity contribution is -0.384. The second kappa shape index (κ2) is 11.3. The molecular formula is C24H18Cl3N5O3S. The predicted octanol–water partition coefficient (Wildman–Crippen LogP) is 6.92. The van der Waals surface area contributed by atoms with E-state index in [-0.39, 0.29) is 16.3 Å². The molecule has 0 saturated carbocycles. The van der Waals surface area contributed by atoms with Gasteiger partial charge in [0.2, 0.25) is 0 Å². The highest BCUT2D eigenvalue weighted by molar-refractivity contribution is 7.98. The molecule has 8 nitrogen and oxygen atoms in total. The highest BCUT2D eigenvalue weighted by Gasteiger charge is 2.24. The maximum atomic E-state index is 12.9. The number of nitrogens with one attached hydrogen (secondary N) is 1. The number of hydrogen-bond acceptors (Lipinski definition) is 6. The lowest BCUT2D eigenvalue weighted by atomic mass is 10.1. The normalized spacial score (nSPS) is 11.8. The van der Waals surface area contributed by atoms with Crippen LogP contribution in [0.5, 0.6) is 0 Å². The molecule has 36 heavy (non-hydrogen) atoms. The molecular weight excluding hydrogens is 545 g/mol. The number of amides is 1. The summed E-state index contributed by atoms with van der Waals surface area (Å²) in [6, 6.07) is 18.1. The Morgan fingerprint density at radius 1 is 1.06 bits per heavy atom. The monoisotopic (exact) mass is 561 g/mol. The first kappa shape index (κ1) is 26.0. The lowest BCUT2D eigenvalue weighted by Crippen LogP contribution is -2.28. The maximum Gasteiger partial charge on any atom is 0.288 e. The number of rotatable bonds is 8. The Bertz CT molecular complexity index is 1430. The molecule has 0 spiro atoms. The molecule has 1 amide bonds. The van der Waals surface area contributed by atoms with Gasteiger partial charge in [0.1, 0.15) is 5.02 Å². The first-order chi connectivity index (χ1) is 17.2. The van der Waals surface area contributed by atoms with Gasteiger partial charge in [-0.05, 0) is 42.8 Å². The third-order valence-electron chi connectivity index (χ3n) is 5.16. The van der Waals surface area contributed by atoms with Crippen LogP contribution in [0.3, 0.4) is 0 Å². The van der Waals surface area contributed by atoms with Crippen LogP contribution in [0.15, 0.2) is 71.9 Å². The highest BCUT2D eigenvalue weighted by atomic mass is 35.5. The first-order valence-corrected chi connectivity index (χ1v) is 12.7. The summed E-state index contributed by atoms with van der Waals surface area (Å²) < 4.78 is 1.75. The van der Waals surface area contributed by atoms with Crippen molar-refractivity contribution in [2.45, 2.75) is 23.9 Å². The Kier molecular flexibility index (Phi) is 8.15. The molecule has 1 heterocycles. The summed E-state index contributed by atoms with van der Waals surface area (Å²) in [5, 5.41) is 24.1. The van der Waals surface area contributed by atoms with Crippen LogP contribution in [0.2, 0.25) is 15.1 Å². The number of nitrogens with zero attached hydrogens (tertiary/aromatic N) is 4. The summed E-state index contributed by atoms with van der Waals surface area (Å²) in [5.74, 6) is 0.505. The Morgan fingerprint density at radius 2 is 1.78 bits per heavy atom. The van der Waals surface area contributed by atoms with E-state index in [9.17, 15) is 14.9 Å². The zero-order chi connectivity index (χ0) is 25.8. The number of benzene rings is 3. The van der Waals surface area contributed by atoms with E-state index in [1.54, 1.807) is 29.7 Å². The van der Waals surface area contributed by atoms with Gasteiger partial charge in [-0.25, -0.2) is 0 Å². The summed E-state index contributed by atoms with van der Waals surface area (Å²) in [7, 11) is 0. The molecule has 1 unspecified atom stereocenters. The van der Waals surface area contributed by atoms with Crippen LogP contribution in [0, 0.1) is 10.1 Å². The van der Waals surface area contributed by atoms with Gasteiger partial charge in [0.25, 0.3) is 11.6 Å². The number of carbonyl (C=O) groups is 1. The Labute approximate surface area is 225 Å². The molecule has 184 valence electrons. The SMILES string of the molecule is CC(NC(=O)c1ccc(Cl)c([N+](=O)[O-])c1)c1nnc(SCc2ccccc2)n1-c1cc(Cl)ccc1Cl. The van der Waals surface area contributed by atoms with Crippen molar-refractivity contribution in [3.63, 3.8) is 0 Å². The number of aromatic nitrogens is 3. The van der Waals surface area contributed by atoms with Crippen molar-refractivity contribution < 1.29 is 9.72 Å². The number of carbonyl (C=O) groups excluding carboxylic acids is 1. The van der Waals surface area contributed by atoms with E-state index in [2.05, 4.69) is 15.5 Å². The molecule has 0 aliphatic heterocycles. The van der Waals surface area contributed by atoms with Crippen LogP contribution in [-0.4, -0.2) is 25.6 Å². The van der Waals surface area contributed by atoms with Crippen LogP contribution in [0.25, 0.3) is 5.69 Å². The molecule has 0 saturated heterocycles. The topological polar surface area (TPSA) is 103 Å². The van der Waals surface area contributed by atoms with Crippen molar-refractivity contribution in [1.82, 2.24) is 20.1 Å². The van der Waals surface area contributed by atoms with E-state index in [1.165, 1.54) is 23.9 Å². The highest BCUT2D eigenvalue weighted by Crippen LogP contribution is 2.33. The summed E-state index contributed by atoms with van der Waals surface area (Å²) in [5.41, 5.74) is 1.39. The van der Waals surface area contributed by atoms with E-state index in [1.807, 2.05) is 30.3 Å². The van der Waals surface area contributed by atoms with Crippen molar-refractivity contribution in [3.05, 3.63) is 109 Å². The molecule has 0 fully saturated rings. The number of thioether (sulfide) groups is 1. The second-order valence-electron chi connectivity index (χ2n) is 7.66. The van der Waals surface area contributed by atoms with Gasteiger partial charge in [-0.15, -0.1) is 10.2 Å². The van der Waals surface area contributed by atoms with E-state index in [0.29, 0.717) is 32.5 Å².